The van der Waals surface area contributed by atoms with Crippen LogP contribution in [0.1, 0.15) is 55.6 Å². The lowest BCUT2D eigenvalue weighted by Gasteiger charge is -2.13. The van der Waals surface area contributed by atoms with E-state index in [0.29, 0.717) is 11.7 Å². The molecule has 5 heteroatoms. The minimum absolute atomic E-state index is 0.0844. The predicted octanol–water partition coefficient (Wildman–Crippen LogP) is 3.10. The smallest absolute Gasteiger partial charge is 0.264 e. The van der Waals surface area contributed by atoms with Crippen LogP contribution in [0.4, 0.5) is 0 Å². The third-order valence-electron chi connectivity index (χ3n) is 3.01. The van der Waals surface area contributed by atoms with Gasteiger partial charge in [-0.1, -0.05) is 36.7 Å². The first-order chi connectivity index (χ1) is 9.47. The van der Waals surface area contributed by atoms with Gasteiger partial charge in [0.1, 0.15) is 5.75 Å². The Morgan fingerprint density at radius 2 is 2.05 bits per heavy atom. The molecule has 2 N–H and O–H groups in total. The van der Waals surface area contributed by atoms with Crippen LogP contribution in [-0.4, -0.2) is 10.1 Å². The van der Waals surface area contributed by atoms with Gasteiger partial charge >= 0.3 is 0 Å². The Bertz CT molecular complexity index is 576. The van der Waals surface area contributed by atoms with Crippen molar-refractivity contribution < 1.29 is 9.26 Å². The van der Waals surface area contributed by atoms with Gasteiger partial charge in [-0.15, -0.1) is 0 Å². The van der Waals surface area contributed by atoms with Gasteiger partial charge in [0.25, 0.3) is 5.89 Å². The Morgan fingerprint density at radius 3 is 2.65 bits per heavy atom. The van der Waals surface area contributed by atoms with Crippen LogP contribution in [0.5, 0.6) is 5.75 Å². The summed E-state index contributed by atoms with van der Waals surface area (Å²) in [5.74, 6) is 2.17. The lowest BCUT2D eigenvalue weighted by atomic mass is 10.1. The largest absolute Gasteiger partial charge is 0.483 e. The van der Waals surface area contributed by atoms with Crippen molar-refractivity contribution in [2.45, 2.75) is 46.3 Å². The van der Waals surface area contributed by atoms with Crippen LogP contribution in [0.25, 0.3) is 0 Å². The maximum atomic E-state index is 5.96. The van der Waals surface area contributed by atoms with E-state index in [0.717, 1.165) is 16.9 Å². The van der Waals surface area contributed by atoms with E-state index in [4.69, 9.17) is 15.0 Å². The Balaban J connectivity index is 2.10. The lowest BCUT2D eigenvalue weighted by Crippen LogP contribution is -2.08. The fourth-order valence-electron chi connectivity index (χ4n) is 1.86. The van der Waals surface area contributed by atoms with E-state index in [2.05, 4.69) is 10.1 Å². The summed E-state index contributed by atoms with van der Waals surface area (Å²) in [4.78, 5) is 4.28. The summed E-state index contributed by atoms with van der Waals surface area (Å²) in [6, 6.07) is 5.87. The molecule has 0 aliphatic rings. The first-order valence-electron chi connectivity index (χ1n) is 6.78. The molecule has 2 aromatic rings. The molecule has 0 spiro atoms. The second-order valence-electron chi connectivity index (χ2n) is 5.32. The second-order valence-corrected chi connectivity index (χ2v) is 5.32. The molecule has 1 heterocycles. The van der Waals surface area contributed by atoms with Gasteiger partial charge in [0.15, 0.2) is 12.4 Å². The molecule has 5 nitrogen and oxygen atoms in total. The van der Waals surface area contributed by atoms with Crippen molar-refractivity contribution in [3.05, 3.63) is 41.0 Å². The van der Waals surface area contributed by atoms with E-state index >= 15 is 0 Å². The SMILES string of the molecule is Cc1ccc(OCc2nc(C(C)C)no2)c(C(C)N)c1. The van der Waals surface area contributed by atoms with Crippen molar-refractivity contribution >= 4 is 0 Å². The van der Waals surface area contributed by atoms with E-state index in [9.17, 15) is 0 Å². The molecule has 0 saturated heterocycles. The Labute approximate surface area is 119 Å². The molecule has 2 rings (SSSR count). The third-order valence-corrected chi connectivity index (χ3v) is 3.01. The Kier molecular flexibility index (Phi) is 4.39. The summed E-state index contributed by atoms with van der Waals surface area (Å²) >= 11 is 0. The standard InChI is InChI=1S/C15H21N3O2/c1-9(2)15-17-14(20-18-15)8-19-13-6-5-10(3)7-12(13)11(4)16/h5-7,9,11H,8,16H2,1-4H3. The van der Waals surface area contributed by atoms with Crippen LogP contribution in [0, 0.1) is 6.92 Å². The Hall–Kier alpha value is -1.88. The van der Waals surface area contributed by atoms with E-state index < -0.39 is 0 Å². The first kappa shape index (κ1) is 14.5. The third kappa shape index (κ3) is 3.36. The molecule has 1 aromatic heterocycles. The zero-order valence-corrected chi connectivity index (χ0v) is 12.4. The van der Waals surface area contributed by atoms with Crippen LogP contribution in [0.3, 0.4) is 0 Å². The normalized spacial score (nSPS) is 12.7. The minimum Gasteiger partial charge on any atom is -0.483 e. The minimum atomic E-state index is -0.0844. The lowest BCUT2D eigenvalue weighted by molar-refractivity contribution is 0.240. The van der Waals surface area contributed by atoms with Crippen LogP contribution in [-0.2, 0) is 6.61 Å². The molecule has 0 radical (unpaired) electrons. The van der Waals surface area contributed by atoms with E-state index in [1.54, 1.807) is 0 Å². The summed E-state index contributed by atoms with van der Waals surface area (Å²) in [6.45, 7) is 8.25. The van der Waals surface area contributed by atoms with Crippen molar-refractivity contribution in [1.82, 2.24) is 10.1 Å². The fourth-order valence-corrected chi connectivity index (χ4v) is 1.86. The Morgan fingerprint density at radius 1 is 1.30 bits per heavy atom. The molecule has 0 amide bonds. The molecule has 1 aromatic carbocycles. The average Bonchev–Trinajstić information content (AvgIpc) is 2.86. The number of rotatable bonds is 5. The molecular formula is C15H21N3O2. The van der Waals surface area contributed by atoms with E-state index in [1.807, 2.05) is 45.9 Å². The van der Waals surface area contributed by atoms with Gasteiger partial charge in [0.2, 0.25) is 0 Å². The summed E-state index contributed by atoms with van der Waals surface area (Å²) < 4.78 is 10.9. The molecular weight excluding hydrogens is 254 g/mol. The summed E-state index contributed by atoms with van der Waals surface area (Å²) in [5, 5.41) is 3.91. The maximum Gasteiger partial charge on any atom is 0.264 e. The number of nitrogens with two attached hydrogens (primary N) is 1. The molecule has 108 valence electrons. The number of benzene rings is 1. The van der Waals surface area contributed by atoms with Crippen molar-refractivity contribution in [1.29, 1.82) is 0 Å². The van der Waals surface area contributed by atoms with Crippen LogP contribution in [0.2, 0.25) is 0 Å². The molecule has 1 unspecified atom stereocenters. The number of aryl methyl sites for hydroxylation is 1. The van der Waals surface area contributed by atoms with Crippen LogP contribution < -0.4 is 10.5 Å². The molecule has 0 aliphatic heterocycles. The van der Waals surface area contributed by atoms with Gasteiger partial charge in [-0.2, -0.15) is 4.98 Å². The molecule has 0 aliphatic carbocycles. The van der Waals surface area contributed by atoms with Crippen LogP contribution in [0.15, 0.2) is 22.7 Å². The fraction of sp³-hybridized carbons (Fsp3) is 0.467. The topological polar surface area (TPSA) is 74.2 Å². The summed E-state index contributed by atoms with van der Waals surface area (Å²) in [6.07, 6.45) is 0. The van der Waals surface area contributed by atoms with E-state index in [-0.39, 0.29) is 18.6 Å². The second kappa shape index (κ2) is 6.05. The average molecular weight is 275 g/mol. The van der Waals surface area contributed by atoms with Gasteiger partial charge in [0, 0.05) is 17.5 Å². The van der Waals surface area contributed by atoms with Crippen molar-refractivity contribution in [3.8, 4) is 5.75 Å². The van der Waals surface area contributed by atoms with Gasteiger partial charge in [-0.05, 0) is 19.9 Å². The highest BCUT2D eigenvalue weighted by atomic mass is 16.5. The molecule has 0 bridgehead atoms. The van der Waals surface area contributed by atoms with Crippen molar-refractivity contribution in [2.75, 3.05) is 0 Å². The summed E-state index contributed by atoms with van der Waals surface area (Å²) in [5.41, 5.74) is 8.10. The van der Waals surface area contributed by atoms with Gasteiger partial charge in [-0.25, -0.2) is 0 Å². The zero-order chi connectivity index (χ0) is 14.7. The number of hydrogen-bond donors (Lipinski definition) is 1. The molecule has 0 saturated carbocycles. The summed E-state index contributed by atoms with van der Waals surface area (Å²) in [7, 11) is 0. The zero-order valence-electron chi connectivity index (χ0n) is 12.4. The van der Waals surface area contributed by atoms with Crippen molar-refractivity contribution in [2.24, 2.45) is 5.73 Å². The van der Waals surface area contributed by atoms with Gasteiger partial charge in [0.05, 0.1) is 0 Å². The maximum absolute atomic E-state index is 5.96. The highest BCUT2D eigenvalue weighted by Crippen LogP contribution is 2.25. The number of nitrogens with zero attached hydrogens (tertiary/aromatic N) is 2. The predicted molar refractivity (Wildman–Crippen MR) is 76.5 cm³/mol. The number of hydrogen-bond acceptors (Lipinski definition) is 5. The monoisotopic (exact) mass is 275 g/mol. The highest BCUT2D eigenvalue weighted by Gasteiger charge is 2.12. The molecule has 20 heavy (non-hydrogen) atoms. The quantitative estimate of drug-likeness (QED) is 0.907. The van der Waals surface area contributed by atoms with Crippen molar-refractivity contribution in [3.63, 3.8) is 0 Å². The van der Waals surface area contributed by atoms with E-state index in [1.165, 1.54) is 0 Å². The number of aromatic nitrogens is 2. The van der Waals surface area contributed by atoms with Gasteiger partial charge in [-0.3, -0.25) is 0 Å². The van der Waals surface area contributed by atoms with Gasteiger partial charge < -0.3 is 15.0 Å². The van der Waals surface area contributed by atoms with Crippen LogP contribution >= 0.6 is 0 Å². The first-order valence-corrected chi connectivity index (χ1v) is 6.78. The molecule has 1 atom stereocenters. The number of ether oxygens (including phenoxy) is 1. The molecule has 0 fully saturated rings. The highest BCUT2D eigenvalue weighted by molar-refractivity contribution is 5.38.